The average Bonchev–Trinajstić information content (AvgIpc) is 2.83. The molecule has 0 aromatic rings. The number of hydrogen-bond acceptors (Lipinski definition) is 4. The predicted molar refractivity (Wildman–Crippen MR) is 61.1 cm³/mol. The average molecular weight is 227 g/mol. The van der Waals surface area contributed by atoms with Gasteiger partial charge in [-0.3, -0.25) is 9.69 Å². The predicted octanol–water partition coefficient (Wildman–Crippen LogP) is -1.27. The first kappa shape index (κ1) is 11.8. The minimum absolute atomic E-state index is 0.199. The molecule has 5 heteroatoms. The number of amides is 1. The quantitative estimate of drug-likeness (QED) is 0.631. The summed E-state index contributed by atoms with van der Waals surface area (Å²) in [5.41, 5.74) is 0. The summed E-state index contributed by atoms with van der Waals surface area (Å²) < 4.78 is 0. The molecule has 0 aromatic carbocycles. The van der Waals surface area contributed by atoms with Crippen molar-refractivity contribution in [2.24, 2.45) is 5.92 Å². The van der Waals surface area contributed by atoms with Crippen molar-refractivity contribution in [1.29, 1.82) is 0 Å². The van der Waals surface area contributed by atoms with Crippen LogP contribution in [0.25, 0.3) is 0 Å². The highest BCUT2D eigenvalue weighted by molar-refractivity contribution is 5.79. The highest BCUT2D eigenvalue weighted by atomic mass is 16.3. The first-order valence-electron chi connectivity index (χ1n) is 6.14. The summed E-state index contributed by atoms with van der Waals surface area (Å²) in [5.74, 6) is 0.512. The number of rotatable bonds is 3. The van der Waals surface area contributed by atoms with Gasteiger partial charge >= 0.3 is 0 Å². The van der Waals surface area contributed by atoms with Gasteiger partial charge in [0.05, 0.1) is 12.5 Å². The molecule has 0 unspecified atom stereocenters. The van der Waals surface area contributed by atoms with Crippen LogP contribution in [-0.2, 0) is 4.79 Å². The Bertz CT molecular complexity index is 233. The molecule has 5 nitrogen and oxygen atoms in total. The van der Waals surface area contributed by atoms with E-state index < -0.39 is 0 Å². The van der Waals surface area contributed by atoms with E-state index in [9.17, 15) is 4.79 Å². The van der Waals surface area contributed by atoms with Gasteiger partial charge in [0.25, 0.3) is 0 Å². The number of piperazine rings is 1. The lowest BCUT2D eigenvalue weighted by atomic mass is 10.1. The Labute approximate surface area is 96.4 Å². The van der Waals surface area contributed by atoms with Gasteiger partial charge in [-0.05, 0) is 13.0 Å². The summed E-state index contributed by atoms with van der Waals surface area (Å²) in [7, 11) is 0. The Hall–Kier alpha value is -0.650. The molecule has 92 valence electrons. The van der Waals surface area contributed by atoms with Crippen LogP contribution in [0.5, 0.6) is 0 Å². The molecule has 2 rings (SSSR count). The minimum atomic E-state index is 0.199. The molecule has 0 aromatic heterocycles. The van der Waals surface area contributed by atoms with E-state index in [-0.39, 0.29) is 12.5 Å². The molecular weight excluding hydrogens is 206 g/mol. The molecule has 0 radical (unpaired) electrons. The zero-order valence-corrected chi connectivity index (χ0v) is 9.69. The Morgan fingerprint density at radius 1 is 1.31 bits per heavy atom. The van der Waals surface area contributed by atoms with Crippen LogP contribution >= 0.6 is 0 Å². The van der Waals surface area contributed by atoms with Gasteiger partial charge in [-0.2, -0.15) is 0 Å². The van der Waals surface area contributed by atoms with E-state index in [4.69, 9.17) is 5.11 Å². The third kappa shape index (κ3) is 2.72. The van der Waals surface area contributed by atoms with Gasteiger partial charge < -0.3 is 15.3 Å². The van der Waals surface area contributed by atoms with Crippen molar-refractivity contribution < 1.29 is 9.90 Å². The summed E-state index contributed by atoms with van der Waals surface area (Å²) in [5, 5.41) is 12.1. The Balaban J connectivity index is 1.77. The van der Waals surface area contributed by atoms with Gasteiger partial charge in [0.15, 0.2) is 0 Å². The normalized spacial score (nSPS) is 27.3. The standard InChI is InChI=1S/C11H21N3O2/c15-8-7-13-3-5-14(6-4-13)11(16)10-1-2-12-9-10/h10,12,15H,1-9H2/t10-/m1/s1. The number of nitrogens with one attached hydrogen (secondary N) is 1. The maximum absolute atomic E-state index is 12.1. The number of carbonyl (C=O) groups excluding carboxylic acids is 1. The Morgan fingerprint density at radius 2 is 2.06 bits per heavy atom. The van der Waals surface area contributed by atoms with Gasteiger partial charge in [0.1, 0.15) is 0 Å². The SMILES string of the molecule is O=C([C@@H]1CCNC1)N1CCN(CCO)CC1. The highest BCUT2D eigenvalue weighted by Crippen LogP contribution is 2.13. The third-order valence-electron chi connectivity index (χ3n) is 3.51. The first-order valence-corrected chi connectivity index (χ1v) is 6.14. The number of hydrogen-bond donors (Lipinski definition) is 2. The third-order valence-corrected chi connectivity index (χ3v) is 3.51. The number of aliphatic hydroxyl groups is 1. The monoisotopic (exact) mass is 227 g/mol. The van der Waals surface area contributed by atoms with E-state index in [1.807, 2.05) is 4.90 Å². The maximum Gasteiger partial charge on any atom is 0.227 e. The Morgan fingerprint density at radius 3 is 2.62 bits per heavy atom. The van der Waals surface area contributed by atoms with Crippen LogP contribution in [0.2, 0.25) is 0 Å². The van der Waals surface area contributed by atoms with Crippen molar-refractivity contribution in [3.8, 4) is 0 Å². The Kier molecular flexibility index (Phi) is 4.15. The molecule has 0 aliphatic carbocycles. The number of β-amino-alcohol motifs (C(OH)–C–C–N with tert-alkyl or cyclic N) is 1. The van der Waals surface area contributed by atoms with Crippen molar-refractivity contribution in [3.05, 3.63) is 0 Å². The van der Waals surface area contributed by atoms with Gasteiger partial charge in [-0.1, -0.05) is 0 Å². The number of aliphatic hydroxyl groups excluding tert-OH is 1. The lowest BCUT2D eigenvalue weighted by molar-refractivity contribution is -0.136. The summed E-state index contributed by atoms with van der Waals surface area (Å²) >= 11 is 0. The molecule has 1 amide bonds. The van der Waals surface area contributed by atoms with Gasteiger partial charge in [0, 0.05) is 39.3 Å². The molecule has 1 atom stereocenters. The van der Waals surface area contributed by atoms with Crippen molar-refractivity contribution in [2.45, 2.75) is 6.42 Å². The molecule has 2 fully saturated rings. The van der Waals surface area contributed by atoms with Crippen LogP contribution in [0, 0.1) is 5.92 Å². The highest BCUT2D eigenvalue weighted by Gasteiger charge is 2.28. The summed E-state index contributed by atoms with van der Waals surface area (Å²) in [6, 6.07) is 0. The lowest BCUT2D eigenvalue weighted by Crippen LogP contribution is -2.51. The first-order chi connectivity index (χ1) is 7.81. The summed E-state index contributed by atoms with van der Waals surface area (Å²) in [6.07, 6.45) is 0.982. The van der Waals surface area contributed by atoms with Gasteiger partial charge in [-0.15, -0.1) is 0 Å². The molecule has 2 N–H and O–H groups in total. The van der Waals surface area contributed by atoms with E-state index in [1.54, 1.807) is 0 Å². The van der Waals surface area contributed by atoms with Crippen molar-refractivity contribution >= 4 is 5.91 Å². The molecule has 2 aliphatic heterocycles. The smallest absolute Gasteiger partial charge is 0.227 e. The molecule has 2 aliphatic rings. The fraction of sp³-hybridized carbons (Fsp3) is 0.909. The fourth-order valence-corrected chi connectivity index (χ4v) is 2.46. The second-order valence-electron chi connectivity index (χ2n) is 4.58. The van der Waals surface area contributed by atoms with Crippen molar-refractivity contribution in [3.63, 3.8) is 0 Å². The second-order valence-corrected chi connectivity index (χ2v) is 4.58. The van der Waals surface area contributed by atoms with Crippen LogP contribution in [0.3, 0.4) is 0 Å². The molecule has 0 saturated carbocycles. The van der Waals surface area contributed by atoms with Gasteiger partial charge in [-0.25, -0.2) is 0 Å². The summed E-state index contributed by atoms with van der Waals surface area (Å²) in [6.45, 7) is 6.17. The number of carbonyl (C=O) groups is 1. The van der Waals surface area contributed by atoms with Crippen LogP contribution < -0.4 is 5.32 Å². The van der Waals surface area contributed by atoms with E-state index in [0.29, 0.717) is 5.91 Å². The van der Waals surface area contributed by atoms with E-state index in [2.05, 4.69) is 10.2 Å². The molecule has 2 heterocycles. The van der Waals surface area contributed by atoms with Crippen LogP contribution in [0.4, 0.5) is 0 Å². The molecule has 0 spiro atoms. The fourth-order valence-electron chi connectivity index (χ4n) is 2.46. The summed E-state index contributed by atoms with van der Waals surface area (Å²) in [4.78, 5) is 16.3. The molecule has 0 bridgehead atoms. The maximum atomic E-state index is 12.1. The molecule has 2 saturated heterocycles. The largest absolute Gasteiger partial charge is 0.395 e. The zero-order valence-electron chi connectivity index (χ0n) is 9.69. The lowest BCUT2D eigenvalue weighted by Gasteiger charge is -2.35. The van der Waals surface area contributed by atoms with E-state index >= 15 is 0 Å². The minimum Gasteiger partial charge on any atom is -0.395 e. The molecular formula is C11H21N3O2. The zero-order chi connectivity index (χ0) is 11.4. The van der Waals surface area contributed by atoms with Crippen LogP contribution in [0.15, 0.2) is 0 Å². The van der Waals surface area contributed by atoms with E-state index in [0.717, 1.165) is 52.2 Å². The molecule has 16 heavy (non-hydrogen) atoms. The van der Waals surface area contributed by atoms with Gasteiger partial charge in [0.2, 0.25) is 5.91 Å². The van der Waals surface area contributed by atoms with Crippen molar-refractivity contribution in [2.75, 3.05) is 52.4 Å². The van der Waals surface area contributed by atoms with Crippen molar-refractivity contribution in [1.82, 2.24) is 15.1 Å². The van der Waals surface area contributed by atoms with Crippen LogP contribution in [0.1, 0.15) is 6.42 Å². The van der Waals surface area contributed by atoms with E-state index in [1.165, 1.54) is 0 Å². The topological polar surface area (TPSA) is 55.8 Å². The van der Waals surface area contributed by atoms with Crippen LogP contribution in [-0.4, -0.2) is 73.2 Å². The second kappa shape index (κ2) is 5.61. The number of nitrogens with zero attached hydrogens (tertiary/aromatic N) is 2.